The number of allylic oxidation sites excluding steroid dienone is 2. The summed E-state index contributed by atoms with van der Waals surface area (Å²) in [5.74, 6) is -0.648. The summed E-state index contributed by atoms with van der Waals surface area (Å²) in [6, 6.07) is 3.04. The molecule has 0 unspecified atom stereocenters. The van der Waals surface area contributed by atoms with Crippen molar-refractivity contribution in [3.63, 3.8) is 0 Å². The Balaban J connectivity index is 1.47. The number of nitrogens with one attached hydrogen (secondary N) is 1. The van der Waals surface area contributed by atoms with Crippen LogP contribution >= 0.6 is 0 Å². The highest BCUT2D eigenvalue weighted by molar-refractivity contribution is 6.07. The van der Waals surface area contributed by atoms with Crippen LogP contribution in [0.15, 0.2) is 30.4 Å². The van der Waals surface area contributed by atoms with Gasteiger partial charge in [-0.2, -0.15) is 5.01 Å². The van der Waals surface area contributed by atoms with Gasteiger partial charge in [0.15, 0.2) is 0 Å². The molecule has 1 saturated heterocycles. The fourth-order valence-corrected chi connectivity index (χ4v) is 5.07. The van der Waals surface area contributed by atoms with E-state index in [2.05, 4.69) is 5.43 Å². The molecular formula is C17H14N4O6. The van der Waals surface area contributed by atoms with E-state index >= 15 is 0 Å². The highest BCUT2D eigenvalue weighted by atomic mass is 16.6. The van der Waals surface area contributed by atoms with Gasteiger partial charge in [0.2, 0.25) is 0 Å². The first-order valence-electron chi connectivity index (χ1n) is 8.64. The van der Waals surface area contributed by atoms with Gasteiger partial charge in [0.1, 0.15) is 5.69 Å². The monoisotopic (exact) mass is 370 g/mol. The number of anilines is 1. The maximum Gasteiger partial charge on any atom is 0.300 e. The SMILES string of the molecule is O=C1[C@H]2[C@@H]3C=C[C@@H]([C@H]4C[C@H]34)[C@@H]2C(=O)N1Nc1ccc([N+](=O)[O-])cc1[N+](=O)[O-]. The summed E-state index contributed by atoms with van der Waals surface area (Å²) < 4.78 is 0. The number of nitro groups is 2. The summed E-state index contributed by atoms with van der Waals surface area (Å²) in [5, 5.41) is 23.0. The van der Waals surface area contributed by atoms with Crippen molar-refractivity contribution >= 4 is 28.9 Å². The van der Waals surface area contributed by atoms with Gasteiger partial charge in [-0.3, -0.25) is 35.2 Å². The topological polar surface area (TPSA) is 136 Å². The second-order valence-corrected chi connectivity index (χ2v) is 7.49. The Labute approximate surface area is 152 Å². The van der Waals surface area contributed by atoms with Crippen molar-refractivity contribution in [2.45, 2.75) is 6.42 Å². The molecule has 27 heavy (non-hydrogen) atoms. The van der Waals surface area contributed by atoms with Crippen LogP contribution in [0.4, 0.5) is 17.1 Å². The van der Waals surface area contributed by atoms with E-state index in [-0.39, 0.29) is 29.3 Å². The van der Waals surface area contributed by atoms with Crippen LogP contribution in [-0.4, -0.2) is 26.7 Å². The minimum atomic E-state index is -0.784. The van der Waals surface area contributed by atoms with E-state index < -0.39 is 33.1 Å². The lowest BCUT2D eigenvalue weighted by Gasteiger charge is -2.37. The maximum absolute atomic E-state index is 12.9. The fraction of sp³-hybridized carbons (Fsp3) is 0.412. The van der Waals surface area contributed by atoms with Gasteiger partial charge in [-0.1, -0.05) is 12.2 Å². The molecule has 1 aromatic rings. The van der Waals surface area contributed by atoms with Gasteiger partial charge in [-0.05, 0) is 36.2 Å². The minimum Gasteiger partial charge on any atom is -0.282 e. The number of hydrogen-bond acceptors (Lipinski definition) is 7. The van der Waals surface area contributed by atoms with Crippen molar-refractivity contribution in [2.24, 2.45) is 35.5 Å². The first-order valence-corrected chi connectivity index (χ1v) is 8.64. The molecule has 0 aromatic heterocycles. The molecule has 4 aliphatic carbocycles. The number of rotatable bonds is 4. The van der Waals surface area contributed by atoms with E-state index in [0.717, 1.165) is 29.6 Å². The molecule has 10 heteroatoms. The number of hydrogen-bond donors (Lipinski definition) is 1. The number of nitro benzene ring substituents is 2. The van der Waals surface area contributed by atoms with Gasteiger partial charge in [0.25, 0.3) is 17.5 Å². The standard InChI is InChI=1S/C17H14N4O6/c22-16-14-8-2-3-9(11-6-10(8)11)15(14)17(23)19(16)18-12-4-1-7(20(24)25)5-13(12)21(26)27/h1-5,8-11,14-15,18H,6H2/t8-,9+,10-,11-,14+,15+/m1/s1. The molecule has 0 radical (unpaired) electrons. The first kappa shape index (κ1) is 15.9. The van der Waals surface area contributed by atoms with Gasteiger partial charge in [-0.15, -0.1) is 0 Å². The van der Waals surface area contributed by atoms with Crippen molar-refractivity contribution in [3.8, 4) is 0 Å². The van der Waals surface area contributed by atoms with Crippen molar-refractivity contribution in [2.75, 3.05) is 5.43 Å². The van der Waals surface area contributed by atoms with Crippen LogP contribution in [0.1, 0.15) is 6.42 Å². The predicted octanol–water partition coefficient (Wildman–Crippen LogP) is 1.88. The fourth-order valence-electron chi connectivity index (χ4n) is 5.07. The summed E-state index contributed by atoms with van der Waals surface area (Å²) in [4.78, 5) is 46.4. The lowest BCUT2D eigenvalue weighted by atomic mass is 9.63. The zero-order chi connectivity index (χ0) is 19.0. The summed E-state index contributed by atoms with van der Waals surface area (Å²) in [7, 11) is 0. The zero-order valence-electron chi connectivity index (χ0n) is 13.8. The molecule has 1 N–H and O–H groups in total. The molecule has 2 saturated carbocycles. The Hall–Kier alpha value is -3.30. The Morgan fingerprint density at radius 1 is 0.963 bits per heavy atom. The minimum absolute atomic E-state index is 0.0418. The van der Waals surface area contributed by atoms with Crippen molar-refractivity contribution in [1.82, 2.24) is 5.01 Å². The summed E-state index contributed by atoms with van der Waals surface area (Å²) >= 11 is 0. The van der Waals surface area contributed by atoms with Crippen LogP contribution in [-0.2, 0) is 9.59 Å². The van der Waals surface area contributed by atoms with E-state index in [9.17, 15) is 29.8 Å². The molecule has 0 spiro atoms. The first-order chi connectivity index (χ1) is 12.9. The molecule has 10 nitrogen and oxygen atoms in total. The highest BCUT2D eigenvalue weighted by Crippen LogP contribution is 2.65. The molecule has 1 heterocycles. The molecule has 1 aliphatic heterocycles. The number of carbonyl (C=O) groups is 2. The molecule has 2 amide bonds. The van der Waals surface area contributed by atoms with Crippen LogP contribution in [0.25, 0.3) is 0 Å². The second kappa shape index (κ2) is 5.12. The maximum atomic E-state index is 12.9. The van der Waals surface area contributed by atoms with E-state index in [4.69, 9.17) is 0 Å². The molecule has 6 rings (SSSR count). The number of imide groups is 1. The molecule has 1 aromatic carbocycles. The Kier molecular flexibility index (Phi) is 3.02. The smallest absolute Gasteiger partial charge is 0.282 e. The lowest BCUT2D eigenvalue weighted by Crippen LogP contribution is -2.40. The normalized spacial score (nSPS) is 35.0. The summed E-state index contributed by atoms with van der Waals surface area (Å²) in [6.45, 7) is 0. The molecule has 6 atom stereocenters. The predicted molar refractivity (Wildman–Crippen MR) is 89.9 cm³/mol. The van der Waals surface area contributed by atoms with Crippen LogP contribution in [0.5, 0.6) is 0 Å². The number of amides is 2. The van der Waals surface area contributed by atoms with Crippen molar-refractivity contribution in [1.29, 1.82) is 0 Å². The van der Waals surface area contributed by atoms with Gasteiger partial charge < -0.3 is 0 Å². The Bertz CT molecular complexity index is 923. The second-order valence-electron chi connectivity index (χ2n) is 7.49. The van der Waals surface area contributed by atoms with Crippen LogP contribution in [0.3, 0.4) is 0 Å². The van der Waals surface area contributed by atoms with Crippen molar-refractivity contribution < 1.29 is 19.4 Å². The third kappa shape index (κ3) is 2.06. The van der Waals surface area contributed by atoms with Crippen molar-refractivity contribution in [3.05, 3.63) is 50.6 Å². The van der Waals surface area contributed by atoms with E-state index in [1.807, 2.05) is 12.2 Å². The Morgan fingerprint density at radius 2 is 1.56 bits per heavy atom. The van der Waals surface area contributed by atoms with Gasteiger partial charge in [0, 0.05) is 6.07 Å². The van der Waals surface area contributed by atoms with Gasteiger partial charge in [-0.25, -0.2) is 0 Å². The molecular weight excluding hydrogens is 356 g/mol. The van der Waals surface area contributed by atoms with Crippen LogP contribution in [0.2, 0.25) is 0 Å². The number of hydrazine groups is 1. The van der Waals surface area contributed by atoms with E-state index in [1.54, 1.807) is 0 Å². The summed E-state index contributed by atoms with van der Waals surface area (Å²) in [5.41, 5.74) is 1.42. The van der Waals surface area contributed by atoms with Crippen LogP contribution in [0, 0.1) is 55.7 Å². The van der Waals surface area contributed by atoms with E-state index in [1.165, 1.54) is 0 Å². The molecule has 138 valence electrons. The number of benzene rings is 1. The molecule has 2 bridgehead atoms. The number of non-ortho nitro benzene ring substituents is 1. The lowest BCUT2D eigenvalue weighted by molar-refractivity contribution is -0.393. The highest BCUT2D eigenvalue weighted by Gasteiger charge is 2.67. The Morgan fingerprint density at radius 3 is 2.07 bits per heavy atom. The molecule has 3 fully saturated rings. The third-order valence-electron chi connectivity index (χ3n) is 6.28. The van der Waals surface area contributed by atoms with Gasteiger partial charge >= 0.3 is 5.69 Å². The number of nitrogens with zero attached hydrogens (tertiary/aromatic N) is 3. The largest absolute Gasteiger partial charge is 0.300 e. The average Bonchev–Trinajstić information content (AvgIpc) is 3.42. The quantitative estimate of drug-likeness (QED) is 0.370. The number of carbonyl (C=O) groups excluding carboxylic acids is 2. The third-order valence-corrected chi connectivity index (χ3v) is 6.28. The van der Waals surface area contributed by atoms with Crippen LogP contribution < -0.4 is 5.43 Å². The summed E-state index contributed by atoms with van der Waals surface area (Å²) in [6.07, 6.45) is 5.10. The molecule has 5 aliphatic rings. The average molecular weight is 370 g/mol. The zero-order valence-corrected chi connectivity index (χ0v) is 13.8. The van der Waals surface area contributed by atoms with E-state index in [0.29, 0.717) is 11.8 Å². The van der Waals surface area contributed by atoms with Gasteiger partial charge in [0.05, 0.1) is 27.7 Å².